The molecule has 0 saturated carbocycles. The molecule has 0 aliphatic heterocycles. The van der Waals surface area contributed by atoms with Crippen molar-refractivity contribution in [3.63, 3.8) is 0 Å². The van der Waals surface area contributed by atoms with Crippen LogP contribution in [0.1, 0.15) is 26.3 Å². The molecule has 6 nitrogen and oxygen atoms in total. The molecule has 122 valence electrons. The van der Waals surface area contributed by atoms with Crippen molar-refractivity contribution < 1.29 is 19.1 Å². The van der Waals surface area contributed by atoms with Gasteiger partial charge in [0.25, 0.3) is 5.91 Å². The average molecular weight is 308 g/mol. The van der Waals surface area contributed by atoms with E-state index in [1.165, 1.54) is 6.21 Å². The molecule has 0 aromatic heterocycles. The zero-order valence-corrected chi connectivity index (χ0v) is 13.8. The third-order valence-electron chi connectivity index (χ3n) is 3.29. The van der Waals surface area contributed by atoms with Gasteiger partial charge in [0.2, 0.25) is 0 Å². The van der Waals surface area contributed by atoms with Gasteiger partial charge in [-0.1, -0.05) is 19.0 Å². The topological polar surface area (TPSA) is 69.1 Å². The van der Waals surface area contributed by atoms with Crippen LogP contribution in [-0.4, -0.2) is 39.0 Å². The zero-order chi connectivity index (χ0) is 16.5. The molecule has 1 aromatic carbocycles. The van der Waals surface area contributed by atoms with Crippen molar-refractivity contribution in [1.82, 2.24) is 5.32 Å². The van der Waals surface area contributed by atoms with Gasteiger partial charge in [0.1, 0.15) is 11.5 Å². The first-order valence-corrected chi connectivity index (χ1v) is 7.14. The second-order valence-corrected chi connectivity index (χ2v) is 5.22. The summed E-state index contributed by atoms with van der Waals surface area (Å²) in [6.07, 6.45) is 1.49. The first-order chi connectivity index (χ1) is 10.5. The lowest BCUT2D eigenvalue weighted by atomic mass is 10.1. The molecule has 1 atom stereocenters. The summed E-state index contributed by atoms with van der Waals surface area (Å²) in [4.78, 5) is 16.7. The Morgan fingerprint density at radius 1 is 1.27 bits per heavy atom. The Kier molecular flexibility index (Phi) is 7.22. The van der Waals surface area contributed by atoms with Gasteiger partial charge < -0.3 is 19.6 Å². The standard InChI is InChI=1S/C16H24N2O4/c1-11(2)12(3)18-16(19)10-22-17-9-13-8-14(20-4)6-7-15(13)21-5/h6-9,11-12H,10H2,1-5H3,(H,18,19)/b17-9-/t12-/m1/s1. The first-order valence-electron chi connectivity index (χ1n) is 7.14. The molecular formula is C16H24N2O4. The molecule has 1 aromatic rings. The highest BCUT2D eigenvalue weighted by molar-refractivity contribution is 5.84. The number of hydrogen-bond donors (Lipinski definition) is 1. The number of hydrogen-bond acceptors (Lipinski definition) is 5. The van der Waals surface area contributed by atoms with Crippen LogP contribution in [0.5, 0.6) is 11.5 Å². The molecule has 0 spiro atoms. The molecule has 1 N–H and O–H groups in total. The maximum absolute atomic E-state index is 11.6. The summed E-state index contributed by atoms with van der Waals surface area (Å²) in [5, 5.41) is 6.63. The maximum Gasteiger partial charge on any atom is 0.260 e. The van der Waals surface area contributed by atoms with Gasteiger partial charge in [-0.3, -0.25) is 4.79 Å². The zero-order valence-electron chi connectivity index (χ0n) is 13.8. The highest BCUT2D eigenvalue weighted by Gasteiger charge is 2.10. The number of ether oxygens (including phenoxy) is 2. The van der Waals surface area contributed by atoms with Crippen LogP contribution in [0.2, 0.25) is 0 Å². The van der Waals surface area contributed by atoms with Crippen LogP contribution >= 0.6 is 0 Å². The lowest BCUT2D eigenvalue weighted by Crippen LogP contribution is -2.38. The molecule has 0 aliphatic rings. The second-order valence-electron chi connectivity index (χ2n) is 5.22. The summed E-state index contributed by atoms with van der Waals surface area (Å²) in [6, 6.07) is 5.43. The molecule has 0 heterocycles. The normalized spacial score (nSPS) is 12.3. The molecule has 0 unspecified atom stereocenters. The summed E-state index contributed by atoms with van der Waals surface area (Å²) in [5.41, 5.74) is 0.706. The number of carbonyl (C=O) groups excluding carboxylic acids is 1. The highest BCUT2D eigenvalue weighted by atomic mass is 16.6. The van der Waals surface area contributed by atoms with Crippen LogP contribution < -0.4 is 14.8 Å². The molecule has 0 saturated heterocycles. The lowest BCUT2D eigenvalue weighted by Gasteiger charge is -2.16. The molecule has 0 aliphatic carbocycles. The Labute approximate surface area is 131 Å². The minimum atomic E-state index is -0.198. The Balaban J connectivity index is 2.54. The summed E-state index contributed by atoms with van der Waals surface area (Å²) >= 11 is 0. The van der Waals surface area contributed by atoms with E-state index >= 15 is 0 Å². The molecule has 22 heavy (non-hydrogen) atoms. The SMILES string of the molecule is COc1ccc(OC)c(/C=N\OCC(=O)N[C@H](C)C(C)C)c1. The Morgan fingerprint density at radius 2 is 2.00 bits per heavy atom. The average Bonchev–Trinajstić information content (AvgIpc) is 2.51. The fourth-order valence-corrected chi connectivity index (χ4v) is 1.59. The number of nitrogens with zero attached hydrogens (tertiary/aromatic N) is 1. The molecule has 0 bridgehead atoms. The summed E-state index contributed by atoms with van der Waals surface area (Å²) < 4.78 is 10.4. The van der Waals surface area contributed by atoms with Crippen molar-refractivity contribution in [2.75, 3.05) is 20.8 Å². The Morgan fingerprint density at radius 3 is 2.59 bits per heavy atom. The van der Waals surface area contributed by atoms with Crippen molar-refractivity contribution in [2.24, 2.45) is 11.1 Å². The monoisotopic (exact) mass is 308 g/mol. The van der Waals surface area contributed by atoms with E-state index in [4.69, 9.17) is 14.3 Å². The van der Waals surface area contributed by atoms with Gasteiger partial charge in [-0.2, -0.15) is 0 Å². The van der Waals surface area contributed by atoms with E-state index < -0.39 is 0 Å². The van der Waals surface area contributed by atoms with E-state index in [0.717, 1.165) is 0 Å². The van der Waals surface area contributed by atoms with Crippen LogP contribution in [0.4, 0.5) is 0 Å². The van der Waals surface area contributed by atoms with E-state index in [2.05, 4.69) is 10.5 Å². The molecule has 6 heteroatoms. The number of oxime groups is 1. The van der Waals surface area contributed by atoms with Crippen molar-refractivity contribution in [1.29, 1.82) is 0 Å². The molecule has 0 radical (unpaired) electrons. The van der Waals surface area contributed by atoms with Crippen LogP contribution in [0.25, 0.3) is 0 Å². The number of benzene rings is 1. The number of methoxy groups -OCH3 is 2. The highest BCUT2D eigenvalue weighted by Crippen LogP contribution is 2.22. The van der Waals surface area contributed by atoms with Gasteiger partial charge in [0, 0.05) is 11.6 Å². The number of rotatable bonds is 8. The smallest absolute Gasteiger partial charge is 0.260 e. The molecular weight excluding hydrogens is 284 g/mol. The van der Waals surface area contributed by atoms with Crippen molar-refractivity contribution in [3.05, 3.63) is 23.8 Å². The van der Waals surface area contributed by atoms with Crippen LogP contribution in [0.3, 0.4) is 0 Å². The number of nitrogens with one attached hydrogen (secondary N) is 1. The third-order valence-corrected chi connectivity index (χ3v) is 3.29. The predicted molar refractivity (Wildman–Crippen MR) is 85.5 cm³/mol. The summed E-state index contributed by atoms with van der Waals surface area (Å²) in [5.74, 6) is 1.50. The van der Waals surface area contributed by atoms with Gasteiger partial charge in [0.05, 0.1) is 20.4 Å². The van der Waals surface area contributed by atoms with Crippen LogP contribution in [-0.2, 0) is 9.63 Å². The fraction of sp³-hybridized carbons (Fsp3) is 0.500. The molecule has 1 rings (SSSR count). The minimum Gasteiger partial charge on any atom is -0.497 e. The van der Waals surface area contributed by atoms with Crippen molar-refractivity contribution in [3.8, 4) is 11.5 Å². The van der Waals surface area contributed by atoms with Gasteiger partial charge in [0.15, 0.2) is 6.61 Å². The largest absolute Gasteiger partial charge is 0.497 e. The quantitative estimate of drug-likeness (QED) is 0.590. The first kappa shape index (κ1) is 17.8. The Bertz CT molecular complexity index is 515. The third kappa shape index (κ3) is 5.63. The lowest BCUT2D eigenvalue weighted by molar-refractivity contribution is -0.126. The van der Waals surface area contributed by atoms with E-state index in [0.29, 0.717) is 23.0 Å². The van der Waals surface area contributed by atoms with E-state index in [-0.39, 0.29) is 18.6 Å². The molecule has 1 amide bonds. The number of carbonyl (C=O) groups is 1. The molecule has 0 fully saturated rings. The second kappa shape index (κ2) is 8.92. The van der Waals surface area contributed by atoms with Crippen molar-refractivity contribution >= 4 is 12.1 Å². The van der Waals surface area contributed by atoms with Crippen LogP contribution in [0.15, 0.2) is 23.4 Å². The summed E-state index contributed by atoms with van der Waals surface area (Å²) in [7, 11) is 3.15. The van der Waals surface area contributed by atoms with E-state index in [9.17, 15) is 4.79 Å². The maximum atomic E-state index is 11.6. The van der Waals surface area contributed by atoms with Gasteiger partial charge >= 0.3 is 0 Å². The Hall–Kier alpha value is -2.24. The van der Waals surface area contributed by atoms with Crippen molar-refractivity contribution in [2.45, 2.75) is 26.8 Å². The summed E-state index contributed by atoms with van der Waals surface area (Å²) in [6.45, 7) is 5.91. The minimum absolute atomic E-state index is 0.0959. The van der Waals surface area contributed by atoms with Crippen LogP contribution in [0, 0.1) is 5.92 Å². The number of amides is 1. The predicted octanol–water partition coefficient (Wildman–Crippen LogP) is 2.21. The van der Waals surface area contributed by atoms with Gasteiger partial charge in [-0.15, -0.1) is 0 Å². The fourth-order valence-electron chi connectivity index (χ4n) is 1.59. The van der Waals surface area contributed by atoms with E-state index in [1.807, 2.05) is 20.8 Å². The van der Waals surface area contributed by atoms with E-state index in [1.54, 1.807) is 32.4 Å². The van der Waals surface area contributed by atoms with Gasteiger partial charge in [-0.05, 0) is 31.0 Å². The van der Waals surface area contributed by atoms with Gasteiger partial charge in [-0.25, -0.2) is 0 Å².